The lowest BCUT2D eigenvalue weighted by molar-refractivity contribution is -0.00471. The SMILES string of the molecule is CC(C)(C)N[Si](C)(CCCCCCOC(C)(C)C)C1CCC2C=CC=CC21. The van der Waals surface area contributed by atoms with Crippen LogP contribution in [0.25, 0.3) is 0 Å². The van der Waals surface area contributed by atoms with E-state index in [0.29, 0.717) is 0 Å². The molecule has 4 unspecified atom stereocenters. The first kappa shape index (κ1) is 22.9. The van der Waals surface area contributed by atoms with Crippen molar-refractivity contribution in [2.24, 2.45) is 11.8 Å². The highest BCUT2D eigenvalue weighted by atomic mass is 28.3. The molecule has 0 aromatic rings. The molecule has 2 aliphatic carbocycles. The first-order chi connectivity index (χ1) is 12.5. The van der Waals surface area contributed by atoms with E-state index < -0.39 is 8.24 Å². The molecule has 156 valence electrons. The van der Waals surface area contributed by atoms with Crippen molar-refractivity contribution in [2.75, 3.05) is 6.61 Å². The summed E-state index contributed by atoms with van der Waals surface area (Å²) in [5, 5.41) is 0. The van der Waals surface area contributed by atoms with Crippen LogP contribution in [0.3, 0.4) is 0 Å². The Kier molecular flexibility index (Phi) is 7.98. The smallest absolute Gasteiger partial charge is 0.126 e. The number of allylic oxidation sites excluding steroid dienone is 4. The molecule has 27 heavy (non-hydrogen) atoms. The summed E-state index contributed by atoms with van der Waals surface area (Å²) in [7, 11) is -1.52. The summed E-state index contributed by atoms with van der Waals surface area (Å²) in [6, 6.07) is 1.41. The third-order valence-corrected chi connectivity index (χ3v) is 11.2. The zero-order valence-electron chi connectivity index (χ0n) is 19.1. The van der Waals surface area contributed by atoms with Gasteiger partial charge in [-0.2, -0.15) is 0 Å². The summed E-state index contributed by atoms with van der Waals surface area (Å²) in [6.45, 7) is 17.0. The quantitative estimate of drug-likeness (QED) is 0.343. The van der Waals surface area contributed by atoms with Crippen molar-refractivity contribution in [3.05, 3.63) is 24.3 Å². The van der Waals surface area contributed by atoms with E-state index >= 15 is 0 Å². The molecule has 1 N–H and O–H groups in total. The van der Waals surface area contributed by atoms with Gasteiger partial charge in [-0.25, -0.2) is 0 Å². The van der Waals surface area contributed by atoms with E-state index in [0.717, 1.165) is 24.0 Å². The summed E-state index contributed by atoms with van der Waals surface area (Å²) in [6.07, 6.45) is 17.5. The molecule has 0 heterocycles. The summed E-state index contributed by atoms with van der Waals surface area (Å²) < 4.78 is 5.87. The summed E-state index contributed by atoms with van der Waals surface area (Å²) in [5.41, 5.74) is 1.10. The van der Waals surface area contributed by atoms with Crippen molar-refractivity contribution < 1.29 is 4.74 Å². The molecule has 0 aromatic carbocycles. The predicted octanol–water partition coefficient (Wildman–Crippen LogP) is 6.85. The highest BCUT2D eigenvalue weighted by molar-refractivity contribution is 6.78. The molecular weight excluding hydrogens is 346 g/mol. The Hall–Kier alpha value is -0.383. The van der Waals surface area contributed by atoms with Gasteiger partial charge in [-0.1, -0.05) is 56.5 Å². The average Bonchev–Trinajstić information content (AvgIpc) is 2.96. The van der Waals surface area contributed by atoms with Gasteiger partial charge in [0.05, 0.1) is 5.60 Å². The van der Waals surface area contributed by atoms with E-state index in [9.17, 15) is 0 Å². The summed E-state index contributed by atoms with van der Waals surface area (Å²) in [5.74, 6) is 1.57. The van der Waals surface area contributed by atoms with Crippen LogP contribution in [0.15, 0.2) is 24.3 Å². The van der Waals surface area contributed by atoms with E-state index in [1.165, 1.54) is 44.6 Å². The number of nitrogens with one attached hydrogen (secondary N) is 1. The third-order valence-electron chi connectivity index (χ3n) is 6.18. The molecule has 0 spiro atoms. The fourth-order valence-electron chi connectivity index (χ4n) is 5.22. The second kappa shape index (κ2) is 9.41. The van der Waals surface area contributed by atoms with Gasteiger partial charge >= 0.3 is 0 Å². The van der Waals surface area contributed by atoms with Crippen molar-refractivity contribution >= 4 is 8.24 Å². The van der Waals surface area contributed by atoms with E-state index in [1.807, 2.05) is 0 Å². The molecule has 1 saturated carbocycles. The van der Waals surface area contributed by atoms with Crippen LogP contribution in [0, 0.1) is 11.8 Å². The highest BCUT2D eigenvalue weighted by Crippen LogP contribution is 2.50. The molecule has 3 heteroatoms. The Morgan fingerprint density at radius 2 is 1.59 bits per heavy atom. The van der Waals surface area contributed by atoms with Gasteiger partial charge in [-0.15, -0.1) is 0 Å². The maximum Gasteiger partial charge on any atom is 0.126 e. The van der Waals surface area contributed by atoms with Crippen LogP contribution in [-0.2, 0) is 4.74 Å². The van der Waals surface area contributed by atoms with Gasteiger partial charge in [-0.05, 0) is 77.8 Å². The van der Waals surface area contributed by atoms with Gasteiger partial charge < -0.3 is 9.72 Å². The molecule has 4 atom stereocenters. The fraction of sp³-hybridized carbons (Fsp3) is 0.833. The first-order valence-corrected chi connectivity index (χ1v) is 14.1. The maximum absolute atomic E-state index is 5.87. The second-order valence-corrected chi connectivity index (χ2v) is 15.4. The number of ether oxygens (including phenoxy) is 1. The normalized spacial score (nSPS) is 27.6. The molecule has 0 aliphatic heterocycles. The van der Waals surface area contributed by atoms with Gasteiger partial charge in [0.2, 0.25) is 0 Å². The van der Waals surface area contributed by atoms with Crippen LogP contribution >= 0.6 is 0 Å². The Bertz CT molecular complexity index is 513. The Morgan fingerprint density at radius 1 is 0.926 bits per heavy atom. The van der Waals surface area contributed by atoms with Crippen molar-refractivity contribution in [3.63, 3.8) is 0 Å². The standard InChI is InChI=1S/C24H45NOSi/c1-23(2,3)25-27(7,19-13-9-8-12-18-26-24(4,5)6)22-17-16-20-14-10-11-15-21(20)22/h10-11,14-15,20-22,25H,8-9,12-13,16-19H2,1-7H3. The van der Waals surface area contributed by atoms with Gasteiger partial charge in [0, 0.05) is 12.1 Å². The van der Waals surface area contributed by atoms with Crippen LogP contribution < -0.4 is 4.98 Å². The molecule has 2 aliphatic rings. The lowest BCUT2D eigenvalue weighted by atomic mass is 9.92. The Balaban J connectivity index is 1.87. The summed E-state index contributed by atoms with van der Waals surface area (Å²) >= 11 is 0. The Labute approximate surface area is 170 Å². The molecule has 0 radical (unpaired) electrons. The minimum absolute atomic E-state index is 0.00306. The van der Waals surface area contributed by atoms with E-state index in [4.69, 9.17) is 4.74 Å². The van der Waals surface area contributed by atoms with Gasteiger partial charge in [0.25, 0.3) is 0 Å². The van der Waals surface area contributed by atoms with Crippen LogP contribution in [0.1, 0.15) is 80.1 Å². The van der Waals surface area contributed by atoms with Gasteiger partial charge in [0.15, 0.2) is 0 Å². The average molecular weight is 392 g/mol. The molecule has 0 saturated heterocycles. The van der Waals surface area contributed by atoms with E-state index in [-0.39, 0.29) is 11.1 Å². The minimum Gasteiger partial charge on any atom is -0.376 e. The predicted molar refractivity (Wildman–Crippen MR) is 122 cm³/mol. The van der Waals surface area contributed by atoms with Crippen molar-refractivity contribution in [2.45, 2.75) is 109 Å². The highest BCUT2D eigenvalue weighted by Gasteiger charge is 2.47. The van der Waals surface area contributed by atoms with Gasteiger partial charge in [-0.3, -0.25) is 0 Å². The van der Waals surface area contributed by atoms with Crippen LogP contribution in [0.2, 0.25) is 18.1 Å². The molecular formula is C24H45NOSi. The number of hydrogen-bond donors (Lipinski definition) is 1. The monoisotopic (exact) mass is 391 g/mol. The zero-order chi connectivity index (χ0) is 20.1. The topological polar surface area (TPSA) is 21.3 Å². The molecule has 1 fully saturated rings. The molecule has 0 amide bonds. The third kappa shape index (κ3) is 7.51. The molecule has 0 bridgehead atoms. The molecule has 0 aromatic heterocycles. The van der Waals surface area contributed by atoms with Crippen molar-refractivity contribution in [3.8, 4) is 0 Å². The number of fused-ring (bicyclic) bond motifs is 1. The number of unbranched alkanes of at least 4 members (excludes halogenated alkanes) is 3. The Morgan fingerprint density at radius 3 is 2.26 bits per heavy atom. The lowest BCUT2D eigenvalue weighted by Crippen LogP contribution is -2.59. The van der Waals surface area contributed by atoms with Crippen LogP contribution in [-0.4, -0.2) is 26.0 Å². The largest absolute Gasteiger partial charge is 0.376 e. The van der Waals surface area contributed by atoms with Gasteiger partial charge in [0.1, 0.15) is 8.24 Å². The number of hydrogen-bond acceptors (Lipinski definition) is 2. The van der Waals surface area contributed by atoms with Crippen LogP contribution in [0.5, 0.6) is 0 Å². The van der Waals surface area contributed by atoms with E-state index in [1.54, 1.807) is 0 Å². The second-order valence-electron chi connectivity index (χ2n) is 11.1. The maximum atomic E-state index is 5.87. The van der Waals surface area contributed by atoms with Crippen LogP contribution in [0.4, 0.5) is 0 Å². The summed E-state index contributed by atoms with van der Waals surface area (Å²) in [4.78, 5) is 4.19. The molecule has 2 nitrogen and oxygen atoms in total. The minimum atomic E-state index is -1.52. The van der Waals surface area contributed by atoms with Crippen molar-refractivity contribution in [1.82, 2.24) is 4.98 Å². The first-order valence-electron chi connectivity index (χ1n) is 11.3. The van der Waals surface area contributed by atoms with E-state index in [2.05, 4.69) is 77.4 Å². The number of rotatable bonds is 9. The van der Waals surface area contributed by atoms with Crippen molar-refractivity contribution in [1.29, 1.82) is 0 Å². The fourth-order valence-corrected chi connectivity index (χ4v) is 10.6. The lowest BCUT2D eigenvalue weighted by Gasteiger charge is -2.43. The zero-order valence-corrected chi connectivity index (χ0v) is 20.1. The molecule has 2 rings (SSSR count).